The van der Waals surface area contributed by atoms with Gasteiger partial charge in [-0.25, -0.2) is 14.4 Å². The average Bonchev–Trinajstić information content (AvgIpc) is 3.34. The van der Waals surface area contributed by atoms with Crippen LogP contribution in [0.2, 0.25) is 0 Å². The molecule has 0 spiro atoms. The minimum absolute atomic E-state index is 0.0610. The number of phenolic OH excluding ortho intramolecular Hbond substituents is 1. The number of rotatable bonds is 5. The van der Waals surface area contributed by atoms with E-state index in [1.165, 1.54) is 24.3 Å². The summed E-state index contributed by atoms with van der Waals surface area (Å²) in [6.07, 6.45) is -1.06. The van der Waals surface area contributed by atoms with Crippen molar-refractivity contribution in [3.63, 3.8) is 0 Å². The van der Waals surface area contributed by atoms with Gasteiger partial charge in [0.2, 0.25) is 5.91 Å². The van der Waals surface area contributed by atoms with Gasteiger partial charge < -0.3 is 9.84 Å². The maximum atomic E-state index is 13.6. The minimum atomic E-state index is -1.06. The summed E-state index contributed by atoms with van der Waals surface area (Å²) in [6, 6.07) is 17.0. The lowest BCUT2D eigenvalue weighted by Crippen LogP contribution is -2.37. The molecule has 174 valence electrons. The van der Waals surface area contributed by atoms with E-state index in [2.05, 4.69) is 15.9 Å². The van der Waals surface area contributed by atoms with Gasteiger partial charge in [0.05, 0.1) is 28.5 Å². The first-order chi connectivity index (χ1) is 16.4. The smallest absolute Gasteiger partial charge is 0.266 e. The number of nitrogens with zero attached hydrogens (tertiary/aromatic N) is 2. The number of ether oxygens (including phenoxy) is 1. The number of hydrogen-bond acceptors (Lipinski definition) is 6. The molecule has 34 heavy (non-hydrogen) atoms. The van der Waals surface area contributed by atoms with Gasteiger partial charge in [-0.05, 0) is 76.9 Å². The van der Waals surface area contributed by atoms with Crippen molar-refractivity contribution in [2.75, 3.05) is 16.6 Å². The Bertz CT molecular complexity index is 1250. The van der Waals surface area contributed by atoms with E-state index < -0.39 is 35.7 Å². The molecule has 3 aromatic carbocycles. The van der Waals surface area contributed by atoms with E-state index in [0.29, 0.717) is 22.3 Å². The standard InChI is InChI=1S/C25H20BrFN2O5/c1-2-33-19-13-14(12-18(26)22(19)30)21-20-23(34-29(21)17-6-4-3-5-7-17)25(32)28(24(20)31)16-10-8-15(27)9-11-16/h3-13,20-21,23,30H,2H2,1H3. The summed E-state index contributed by atoms with van der Waals surface area (Å²) in [5.74, 6) is -2.13. The third-order valence-corrected chi connectivity index (χ3v) is 6.51. The van der Waals surface area contributed by atoms with E-state index in [1.54, 1.807) is 24.1 Å². The van der Waals surface area contributed by atoms with Crippen molar-refractivity contribution in [3.8, 4) is 11.5 Å². The van der Waals surface area contributed by atoms with E-state index >= 15 is 0 Å². The first kappa shape index (κ1) is 22.4. The van der Waals surface area contributed by atoms with Crippen LogP contribution in [0.4, 0.5) is 15.8 Å². The number of carbonyl (C=O) groups is 2. The van der Waals surface area contributed by atoms with Crippen LogP contribution < -0.4 is 14.7 Å². The zero-order valence-corrected chi connectivity index (χ0v) is 19.6. The molecule has 2 amide bonds. The fraction of sp³-hybridized carbons (Fsp3) is 0.200. The Morgan fingerprint density at radius 1 is 1.03 bits per heavy atom. The third-order valence-electron chi connectivity index (χ3n) is 5.90. The summed E-state index contributed by atoms with van der Waals surface area (Å²) in [5.41, 5.74) is 1.56. The summed E-state index contributed by atoms with van der Waals surface area (Å²) >= 11 is 3.36. The lowest BCUT2D eigenvalue weighted by molar-refractivity contribution is -0.126. The molecule has 5 rings (SSSR count). The Kier molecular flexibility index (Phi) is 5.75. The normalized spacial score (nSPS) is 21.8. The van der Waals surface area contributed by atoms with Crippen molar-refractivity contribution in [3.05, 3.63) is 82.6 Å². The zero-order chi connectivity index (χ0) is 24.0. The molecule has 0 aromatic heterocycles. The molecule has 2 heterocycles. The molecule has 0 saturated carbocycles. The zero-order valence-electron chi connectivity index (χ0n) is 18.0. The Labute approximate surface area is 203 Å². The van der Waals surface area contributed by atoms with Gasteiger partial charge in [0, 0.05) is 0 Å². The molecular weight excluding hydrogens is 507 g/mol. The highest BCUT2D eigenvalue weighted by Crippen LogP contribution is 2.49. The van der Waals surface area contributed by atoms with Gasteiger partial charge in [0.25, 0.3) is 5.91 Å². The van der Waals surface area contributed by atoms with Crippen LogP contribution in [0, 0.1) is 11.7 Å². The number of amides is 2. The van der Waals surface area contributed by atoms with Crippen molar-refractivity contribution in [2.45, 2.75) is 19.1 Å². The van der Waals surface area contributed by atoms with Gasteiger partial charge in [-0.3, -0.25) is 14.4 Å². The number of phenols is 1. The van der Waals surface area contributed by atoms with E-state index in [9.17, 15) is 19.1 Å². The summed E-state index contributed by atoms with van der Waals surface area (Å²) < 4.78 is 19.4. The number of aromatic hydroxyl groups is 1. The second kappa shape index (κ2) is 8.73. The lowest BCUT2D eigenvalue weighted by Gasteiger charge is -2.29. The number of para-hydroxylation sites is 1. The van der Waals surface area contributed by atoms with E-state index in [0.717, 1.165) is 4.90 Å². The van der Waals surface area contributed by atoms with Gasteiger partial charge in [-0.2, -0.15) is 0 Å². The van der Waals surface area contributed by atoms with E-state index in [4.69, 9.17) is 9.57 Å². The topological polar surface area (TPSA) is 79.3 Å². The summed E-state index contributed by atoms with van der Waals surface area (Å²) in [4.78, 5) is 34.1. The first-order valence-corrected chi connectivity index (χ1v) is 11.5. The van der Waals surface area contributed by atoms with Crippen molar-refractivity contribution in [1.29, 1.82) is 0 Å². The van der Waals surface area contributed by atoms with Crippen LogP contribution in [0.15, 0.2) is 71.2 Å². The van der Waals surface area contributed by atoms with Crippen LogP contribution in [-0.2, 0) is 14.4 Å². The number of imide groups is 1. The quantitative estimate of drug-likeness (QED) is 0.483. The molecule has 2 saturated heterocycles. The van der Waals surface area contributed by atoms with Gasteiger partial charge in [-0.15, -0.1) is 0 Å². The maximum absolute atomic E-state index is 13.6. The highest BCUT2D eigenvalue weighted by Gasteiger charge is 2.60. The molecule has 2 aliphatic rings. The fourth-order valence-corrected chi connectivity index (χ4v) is 4.89. The van der Waals surface area contributed by atoms with E-state index in [1.807, 2.05) is 30.3 Å². The van der Waals surface area contributed by atoms with Gasteiger partial charge in [0.15, 0.2) is 17.6 Å². The number of benzene rings is 3. The van der Waals surface area contributed by atoms with Crippen molar-refractivity contribution < 1.29 is 28.7 Å². The summed E-state index contributed by atoms with van der Waals surface area (Å²) in [7, 11) is 0. The molecule has 7 nitrogen and oxygen atoms in total. The Balaban J connectivity index is 1.62. The number of hydroxylamine groups is 1. The lowest BCUT2D eigenvalue weighted by atomic mass is 9.90. The van der Waals surface area contributed by atoms with Gasteiger partial charge >= 0.3 is 0 Å². The Hall–Kier alpha value is -3.43. The van der Waals surface area contributed by atoms with Crippen LogP contribution in [0.3, 0.4) is 0 Å². The van der Waals surface area contributed by atoms with Crippen LogP contribution in [0.1, 0.15) is 18.5 Å². The molecule has 3 aromatic rings. The molecule has 3 unspecified atom stereocenters. The van der Waals surface area contributed by atoms with Crippen molar-refractivity contribution in [2.24, 2.45) is 5.92 Å². The average molecular weight is 527 g/mol. The van der Waals surface area contributed by atoms with Crippen LogP contribution in [-0.4, -0.2) is 29.6 Å². The molecule has 3 atom stereocenters. The van der Waals surface area contributed by atoms with Crippen LogP contribution in [0.25, 0.3) is 0 Å². The van der Waals surface area contributed by atoms with E-state index in [-0.39, 0.29) is 17.2 Å². The molecular formula is C25H20BrFN2O5. The Morgan fingerprint density at radius 3 is 2.41 bits per heavy atom. The third kappa shape index (κ3) is 3.61. The van der Waals surface area contributed by atoms with Gasteiger partial charge in [0.1, 0.15) is 11.7 Å². The minimum Gasteiger partial charge on any atom is -0.503 e. The largest absolute Gasteiger partial charge is 0.503 e. The molecule has 0 radical (unpaired) electrons. The van der Waals surface area contributed by atoms with Crippen molar-refractivity contribution in [1.82, 2.24) is 0 Å². The maximum Gasteiger partial charge on any atom is 0.266 e. The van der Waals surface area contributed by atoms with Gasteiger partial charge in [-0.1, -0.05) is 18.2 Å². The molecule has 2 aliphatic heterocycles. The molecule has 9 heteroatoms. The SMILES string of the molecule is CCOc1cc(C2C3C(=O)N(c4ccc(F)cc4)C(=O)C3ON2c2ccccc2)cc(Br)c1O. The summed E-state index contributed by atoms with van der Waals surface area (Å²) in [5, 5.41) is 12.0. The summed E-state index contributed by atoms with van der Waals surface area (Å²) in [6.45, 7) is 2.12. The molecule has 0 bridgehead atoms. The number of anilines is 2. The number of fused-ring (bicyclic) bond motifs is 1. The fourth-order valence-electron chi connectivity index (χ4n) is 4.43. The highest BCUT2D eigenvalue weighted by atomic mass is 79.9. The van der Waals surface area contributed by atoms with Crippen molar-refractivity contribution >= 4 is 39.1 Å². The Morgan fingerprint density at radius 2 is 1.74 bits per heavy atom. The molecule has 1 N–H and O–H groups in total. The second-order valence-electron chi connectivity index (χ2n) is 7.93. The second-order valence-corrected chi connectivity index (χ2v) is 8.78. The predicted octanol–water partition coefficient (Wildman–Crippen LogP) is 4.74. The monoisotopic (exact) mass is 526 g/mol. The van der Waals surface area contributed by atoms with Crippen LogP contribution in [0.5, 0.6) is 11.5 Å². The van der Waals surface area contributed by atoms with Crippen LogP contribution >= 0.6 is 15.9 Å². The first-order valence-electron chi connectivity index (χ1n) is 10.7. The predicted molar refractivity (Wildman–Crippen MR) is 126 cm³/mol. The molecule has 0 aliphatic carbocycles. The highest BCUT2D eigenvalue weighted by molar-refractivity contribution is 9.10. The number of carbonyl (C=O) groups excluding carboxylic acids is 2. The number of hydrogen-bond donors (Lipinski definition) is 1. The molecule has 2 fully saturated rings. The number of halogens is 2.